The van der Waals surface area contributed by atoms with Gasteiger partial charge in [-0.2, -0.15) is 0 Å². The van der Waals surface area contributed by atoms with Gasteiger partial charge in [0.2, 0.25) is 0 Å². The lowest BCUT2D eigenvalue weighted by Gasteiger charge is -2.04. The third-order valence-electron chi connectivity index (χ3n) is 2.33. The number of ether oxygens (including phenoxy) is 1. The molecule has 1 rings (SSSR count). The molecule has 0 aromatic rings. The van der Waals surface area contributed by atoms with Gasteiger partial charge in [0.25, 0.3) is 0 Å². The van der Waals surface area contributed by atoms with Crippen LogP contribution in [0.2, 0.25) is 0 Å². The number of nitrogens with one attached hydrogen (secondary N) is 1. The van der Waals surface area contributed by atoms with Crippen molar-refractivity contribution < 1.29 is 9.53 Å². The summed E-state index contributed by atoms with van der Waals surface area (Å²) in [6, 6.07) is 0. The Morgan fingerprint density at radius 1 is 1.64 bits per heavy atom. The summed E-state index contributed by atoms with van der Waals surface area (Å²) in [5, 5.41) is 3.08. The van der Waals surface area contributed by atoms with Crippen molar-refractivity contribution in [2.45, 2.75) is 32.6 Å². The van der Waals surface area contributed by atoms with E-state index in [4.69, 9.17) is 4.74 Å². The molecule has 0 heterocycles. The van der Waals surface area contributed by atoms with Gasteiger partial charge < -0.3 is 10.1 Å². The van der Waals surface area contributed by atoms with Crippen LogP contribution in [0.5, 0.6) is 0 Å². The molecular weight excluding hydrogens is 178 g/mol. The Morgan fingerprint density at radius 3 is 3.14 bits per heavy atom. The van der Waals surface area contributed by atoms with E-state index in [1.807, 2.05) is 6.92 Å². The van der Waals surface area contributed by atoms with Crippen molar-refractivity contribution in [3.8, 4) is 0 Å². The molecule has 0 unspecified atom stereocenters. The van der Waals surface area contributed by atoms with Gasteiger partial charge in [-0.25, -0.2) is 0 Å². The Balaban J connectivity index is 1.96. The van der Waals surface area contributed by atoms with Gasteiger partial charge in [0, 0.05) is 0 Å². The number of rotatable bonds is 6. The lowest BCUT2D eigenvalue weighted by molar-refractivity contribution is -0.141. The number of allylic oxidation sites excluding steroid dienone is 1. The van der Waals surface area contributed by atoms with E-state index in [-0.39, 0.29) is 5.97 Å². The molecule has 0 spiro atoms. The van der Waals surface area contributed by atoms with Crippen molar-refractivity contribution in [2.75, 3.05) is 19.7 Å². The highest BCUT2D eigenvalue weighted by molar-refractivity contribution is 5.71. The zero-order chi connectivity index (χ0) is 10.2. The summed E-state index contributed by atoms with van der Waals surface area (Å²) in [5.74, 6) is -0.159. The molecule has 0 aromatic heterocycles. The summed E-state index contributed by atoms with van der Waals surface area (Å²) in [6.07, 6.45) is 7.15. The number of carbonyl (C=O) groups is 1. The maximum atomic E-state index is 10.9. The van der Waals surface area contributed by atoms with E-state index in [2.05, 4.69) is 11.4 Å². The third-order valence-corrected chi connectivity index (χ3v) is 2.33. The Labute approximate surface area is 85.5 Å². The second-order valence-corrected chi connectivity index (χ2v) is 3.49. The number of carbonyl (C=O) groups excluding carboxylic acids is 1. The predicted molar refractivity (Wildman–Crippen MR) is 56.1 cm³/mol. The molecule has 0 fully saturated rings. The molecule has 0 aliphatic heterocycles. The summed E-state index contributed by atoms with van der Waals surface area (Å²) in [6.45, 7) is 3.50. The molecule has 0 saturated carbocycles. The average molecular weight is 197 g/mol. The van der Waals surface area contributed by atoms with E-state index in [1.165, 1.54) is 24.8 Å². The van der Waals surface area contributed by atoms with Gasteiger partial charge >= 0.3 is 5.97 Å². The molecule has 1 aliphatic rings. The smallest absolute Gasteiger partial charge is 0.319 e. The Hall–Kier alpha value is -0.830. The molecule has 0 atom stereocenters. The maximum absolute atomic E-state index is 10.9. The summed E-state index contributed by atoms with van der Waals surface area (Å²) >= 11 is 0. The second kappa shape index (κ2) is 6.60. The normalized spacial score (nSPS) is 15.4. The van der Waals surface area contributed by atoms with Crippen LogP contribution in [0.25, 0.3) is 0 Å². The van der Waals surface area contributed by atoms with Crippen LogP contribution >= 0.6 is 0 Å². The van der Waals surface area contributed by atoms with Crippen LogP contribution in [0.4, 0.5) is 0 Å². The van der Waals surface area contributed by atoms with Crippen molar-refractivity contribution in [3.63, 3.8) is 0 Å². The first-order chi connectivity index (χ1) is 6.83. The van der Waals surface area contributed by atoms with Crippen molar-refractivity contribution in [1.82, 2.24) is 5.32 Å². The van der Waals surface area contributed by atoms with E-state index in [9.17, 15) is 4.79 Å². The van der Waals surface area contributed by atoms with Gasteiger partial charge in [0.1, 0.15) is 0 Å². The Morgan fingerprint density at radius 2 is 2.50 bits per heavy atom. The van der Waals surface area contributed by atoms with Gasteiger partial charge in [-0.3, -0.25) is 4.79 Å². The lowest BCUT2D eigenvalue weighted by Crippen LogP contribution is -2.25. The highest BCUT2D eigenvalue weighted by atomic mass is 16.5. The van der Waals surface area contributed by atoms with Crippen LogP contribution < -0.4 is 5.32 Å². The van der Waals surface area contributed by atoms with Crippen LogP contribution in [-0.4, -0.2) is 25.7 Å². The fraction of sp³-hybridized carbons (Fsp3) is 0.727. The second-order valence-electron chi connectivity index (χ2n) is 3.49. The maximum Gasteiger partial charge on any atom is 0.319 e. The van der Waals surface area contributed by atoms with Crippen molar-refractivity contribution in [3.05, 3.63) is 11.6 Å². The monoisotopic (exact) mass is 197 g/mol. The zero-order valence-corrected chi connectivity index (χ0v) is 8.84. The molecule has 0 aromatic carbocycles. The zero-order valence-electron chi connectivity index (χ0n) is 8.84. The fourth-order valence-electron chi connectivity index (χ4n) is 1.62. The molecule has 0 amide bonds. The first kappa shape index (κ1) is 11.2. The summed E-state index contributed by atoms with van der Waals surface area (Å²) in [5.41, 5.74) is 1.53. The molecule has 3 heteroatoms. The van der Waals surface area contributed by atoms with E-state index < -0.39 is 0 Å². The fourth-order valence-corrected chi connectivity index (χ4v) is 1.62. The highest BCUT2D eigenvalue weighted by Crippen LogP contribution is 2.19. The van der Waals surface area contributed by atoms with E-state index in [1.54, 1.807) is 0 Å². The summed E-state index contributed by atoms with van der Waals surface area (Å²) < 4.78 is 4.80. The molecule has 1 aliphatic carbocycles. The topological polar surface area (TPSA) is 38.3 Å². The molecule has 0 saturated heterocycles. The molecular formula is C11H19NO2. The van der Waals surface area contributed by atoms with Gasteiger partial charge in [-0.1, -0.05) is 11.6 Å². The number of hydrogen-bond acceptors (Lipinski definition) is 3. The lowest BCUT2D eigenvalue weighted by atomic mass is 10.2. The molecule has 0 bridgehead atoms. The molecule has 0 radical (unpaired) electrons. The SMILES string of the molecule is CCOC(=O)CNCCC1=CCCC1. The van der Waals surface area contributed by atoms with Crippen LogP contribution in [0, 0.1) is 0 Å². The third kappa shape index (κ3) is 4.42. The van der Waals surface area contributed by atoms with Crippen LogP contribution in [0.3, 0.4) is 0 Å². The minimum Gasteiger partial charge on any atom is -0.465 e. The number of esters is 1. The largest absolute Gasteiger partial charge is 0.465 e. The van der Waals surface area contributed by atoms with Crippen LogP contribution in [0.15, 0.2) is 11.6 Å². The Kier molecular flexibility index (Phi) is 5.30. The first-order valence-corrected chi connectivity index (χ1v) is 5.37. The molecule has 14 heavy (non-hydrogen) atoms. The standard InChI is InChI=1S/C11H19NO2/c1-2-14-11(13)9-12-8-7-10-5-3-4-6-10/h5,12H,2-4,6-9H2,1H3. The van der Waals surface area contributed by atoms with E-state index >= 15 is 0 Å². The van der Waals surface area contributed by atoms with Crippen LogP contribution in [-0.2, 0) is 9.53 Å². The van der Waals surface area contributed by atoms with Gasteiger partial charge in [-0.05, 0) is 39.2 Å². The van der Waals surface area contributed by atoms with Crippen molar-refractivity contribution in [1.29, 1.82) is 0 Å². The highest BCUT2D eigenvalue weighted by Gasteiger charge is 2.04. The van der Waals surface area contributed by atoms with Gasteiger partial charge in [0.05, 0.1) is 13.2 Å². The van der Waals surface area contributed by atoms with E-state index in [0.717, 1.165) is 13.0 Å². The number of hydrogen-bond donors (Lipinski definition) is 1. The molecule has 80 valence electrons. The van der Waals surface area contributed by atoms with Crippen molar-refractivity contribution >= 4 is 5.97 Å². The molecule has 1 N–H and O–H groups in total. The first-order valence-electron chi connectivity index (χ1n) is 5.37. The molecule has 3 nitrogen and oxygen atoms in total. The average Bonchev–Trinajstić information content (AvgIpc) is 2.65. The predicted octanol–water partition coefficient (Wildman–Crippen LogP) is 1.64. The van der Waals surface area contributed by atoms with Gasteiger partial charge in [0.15, 0.2) is 0 Å². The van der Waals surface area contributed by atoms with Crippen molar-refractivity contribution in [2.24, 2.45) is 0 Å². The summed E-state index contributed by atoms with van der Waals surface area (Å²) in [4.78, 5) is 10.9. The van der Waals surface area contributed by atoms with E-state index in [0.29, 0.717) is 13.2 Å². The summed E-state index contributed by atoms with van der Waals surface area (Å²) in [7, 11) is 0. The minimum atomic E-state index is -0.159. The van der Waals surface area contributed by atoms with Crippen LogP contribution in [0.1, 0.15) is 32.6 Å². The Bertz CT molecular complexity index is 211. The minimum absolute atomic E-state index is 0.159. The van der Waals surface area contributed by atoms with Gasteiger partial charge in [-0.15, -0.1) is 0 Å². The quantitative estimate of drug-likeness (QED) is 0.399.